The molecule has 0 radical (unpaired) electrons. The lowest BCUT2D eigenvalue weighted by atomic mass is 9.95. The molecular formula is C19H24N4O. The van der Waals surface area contributed by atoms with Crippen molar-refractivity contribution in [2.45, 2.75) is 51.6 Å². The van der Waals surface area contributed by atoms with Gasteiger partial charge in [-0.05, 0) is 30.9 Å². The van der Waals surface area contributed by atoms with E-state index in [2.05, 4.69) is 39.7 Å². The summed E-state index contributed by atoms with van der Waals surface area (Å²) in [6.07, 6.45) is 7.23. The van der Waals surface area contributed by atoms with E-state index in [-0.39, 0.29) is 11.9 Å². The number of anilines is 1. The van der Waals surface area contributed by atoms with Gasteiger partial charge >= 0.3 is 0 Å². The highest BCUT2D eigenvalue weighted by Gasteiger charge is 2.17. The van der Waals surface area contributed by atoms with Crippen molar-refractivity contribution in [2.75, 3.05) is 5.32 Å². The van der Waals surface area contributed by atoms with Crippen LogP contribution < -0.4 is 10.6 Å². The van der Waals surface area contributed by atoms with Crippen molar-refractivity contribution < 1.29 is 4.79 Å². The van der Waals surface area contributed by atoms with Gasteiger partial charge in [-0.2, -0.15) is 0 Å². The van der Waals surface area contributed by atoms with Crippen molar-refractivity contribution in [2.24, 2.45) is 0 Å². The summed E-state index contributed by atoms with van der Waals surface area (Å²) in [5.41, 5.74) is 2.86. The van der Waals surface area contributed by atoms with Crippen molar-refractivity contribution in [1.29, 1.82) is 0 Å². The van der Waals surface area contributed by atoms with E-state index in [1.807, 2.05) is 12.1 Å². The minimum atomic E-state index is -0.108. The molecule has 0 bridgehead atoms. The van der Waals surface area contributed by atoms with Crippen LogP contribution >= 0.6 is 0 Å². The van der Waals surface area contributed by atoms with Crippen molar-refractivity contribution in [3.63, 3.8) is 0 Å². The van der Waals surface area contributed by atoms with E-state index in [0.717, 1.165) is 12.8 Å². The van der Waals surface area contributed by atoms with Crippen molar-refractivity contribution in [3.8, 4) is 0 Å². The number of aryl methyl sites for hydroxylation is 1. The molecule has 1 heterocycles. The summed E-state index contributed by atoms with van der Waals surface area (Å²) in [7, 11) is 0. The number of nitrogens with one attached hydrogen (secondary N) is 2. The van der Waals surface area contributed by atoms with E-state index in [4.69, 9.17) is 0 Å². The molecule has 1 fully saturated rings. The Kier molecular flexibility index (Phi) is 5.41. The molecule has 1 aromatic carbocycles. The SMILES string of the molecule is Cc1ccccc1CNc1cc(C(=O)NC2CCCCC2)ncn1. The van der Waals surface area contributed by atoms with E-state index in [0.29, 0.717) is 18.1 Å². The second-order valence-corrected chi connectivity index (χ2v) is 6.38. The zero-order valence-corrected chi connectivity index (χ0v) is 14.1. The molecule has 1 aliphatic rings. The second kappa shape index (κ2) is 7.90. The quantitative estimate of drug-likeness (QED) is 0.884. The van der Waals surface area contributed by atoms with Crippen LogP contribution in [-0.2, 0) is 6.54 Å². The normalized spacial score (nSPS) is 15.0. The monoisotopic (exact) mass is 324 g/mol. The number of amides is 1. The lowest BCUT2D eigenvalue weighted by Gasteiger charge is -2.22. The molecule has 5 nitrogen and oxygen atoms in total. The molecule has 0 aliphatic heterocycles. The topological polar surface area (TPSA) is 66.9 Å². The number of rotatable bonds is 5. The van der Waals surface area contributed by atoms with Crippen molar-refractivity contribution in [3.05, 3.63) is 53.5 Å². The third kappa shape index (κ3) is 4.31. The number of aromatic nitrogens is 2. The van der Waals surface area contributed by atoms with Crippen LogP contribution in [0.5, 0.6) is 0 Å². The van der Waals surface area contributed by atoms with Gasteiger partial charge in [0.1, 0.15) is 17.8 Å². The van der Waals surface area contributed by atoms with Gasteiger partial charge in [0, 0.05) is 18.7 Å². The first-order chi connectivity index (χ1) is 11.7. The van der Waals surface area contributed by atoms with Crippen molar-refractivity contribution in [1.82, 2.24) is 15.3 Å². The smallest absolute Gasteiger partial charge is 0.270 e. The van der Waals surface area contributed by atoms with Crippen LogP contribution in [0.2, 0.25) is 0 Å². The van der Waals surface area contributed by atoms with Gasteiger partial charge < -0.3 is 10.6 Å². The molecular weight excluding hydrogens is 300 g/mol. The molecule has 1 saturated carbocycles. The van der Waals surface area contributed by atoms with E-state index in [9.17, 15) is 4.79 Å². The maximum Gasteiger partial charge on any atom is 0.270 e. The Morgan fingerprint density at radius 3 is 2.75 bits per heavy atom. The van der Waals surface area contributed by atoms with Gasteiger partial charge in [0.25, 0.3) is 5.91 Å². The molecule has 2 aromatic rings. The Morgan fingerprint density at radius 2 is 1.96 bits per heavy atom. The Morgan fingerprint density at radius 1 is 1.17 bits per heavy atom. The Bertz CT molecular complexity index is 695. The predicted octanol–water partition coefficient (Wildman–Crippen LogP) is 3.46. The molecule has 24 heavy (non-hydrogen) atoms. The number of carbonyl (C=O) groups is 1. The number of hydrogen-bond donors (Lipinski definition) is 2. The zero-order valence-electron chi connectivity index (χ0n) is 14.1. The molecule has 2 N–H and O–H groups in total. The fourth-order valence-corrected chi connectivity index (χ4v) is 3.08. The van der Waals surface area contributed by atoms with Gasteiger partial charge in [-0.25, -0.2) is 9.97 Å². The van der Waals surface area contributed by atoms with Crippen LogP contribution in [0.4, 0.5) is 5.82 Å². The minimum absolute atomic E-state index is 0.108. The first kappa shape index (κ1) is 16.4. The highest BCUT2D eigenvalue weighted by Crippen LogP contribution is 2.18. The molecule has 5 heteroatoms. The number of nitrogens with zero attached hydrogens (tertiary/aromatic N) is 2. The van der Waals surface area contributed by atoms with Gasteiger partial charge in [0.05, 0.1) is 0 Å². The Labute approximate surface area is 142 Å². The summed E-state index contributed by atoms with van der Waals surface area (Å²) in [6.45, 7) is 2.76. The van der Waals surface area contributed by atoms with Crippen LogP contribution in [-0.4, -0.2) is 21.9 Å². The maximum atomic E-state index is 12.4. The lowest BCUT2D eigenvalue weighted by molar-refractivity contribution is 0.0922. The largest absolute Gasteiger partial charge is 0.366 e. The second-order valence-electron chi connectivity index (χ2n) is 6.38. The summed E-state index contributed by atoms with van der Waals surface area (Å²) in [5, 5.41) is 6.36. The highest BCUT2D eigenvalue weighted by molar-refractivity contribution is 5.93. The first-order valence-corrected chi connectivity index (χ1v) is 8.63. The summed E-state index contributed by atoms with van der Waals surface area (Å²) < 4.78 is 0. The molecule has 0 spiro atoms. The van der Waals surface area contributed by atoms with E-state index in [1.54, 1.807) is 6.07 Å². The molecule has 1 amide bonds. The van der Waals surface area contributed by atoms with E-state index >= 15 is 0 Å². The summed E-state index contributed by atoms with van der Waals surface area (Å²) >= 11 is 0. The van der Waals surface area contributed by atoms with E-state index < -0.39 is 0 Å². The van der Waals surface area contributed by atoms with Gasteiger partial charge in [-0.15, -0.1) is 0 Å². The fraction of sp³-hybridized carbons (Fsp3) is 0.421. The molecule has 1 aliphatic carbocycles. The molecule has 3 rings (SSSR count). The van der Waals surface area contributed by atoms with E-state index in [1.165, 1.54) is 36.7 Å². The first-order valence-electron chi connectivity index (χ1n) is 8.63. The van der Waals surface area contributed by atoms with Gasteiger partial charge in [-0.1, -0.05) is 43.5 Å². The number of benzene rings is 1. The molecule has 0 saturated heterocycles. The molecule has 0 atom stereocenters. The molecule has 0 unspecified atom stereocenters. The van der Waals surface area contributed by atoms with Crippen LogP contribution in [0, 0.1) is 6.92 Å². The number of hydrogen-bond acceptors (Lipinski definition) is 4. The Balaban J connectivity index is 1.61. The fourth-order valence-electron chi connectivity index (χ4n) is 3.08. The predicted molar refractivity (Wildman–Crippen MR) is 94.9 cm³/mol. The standard InChI is InChI=1S/C19H24N4O/c1-14-7-5-6-8-15(14)12-20-18-11-17(21-13-22-18)19(24)23-16-9-3-2-4-10-16/h5-8,11,13,16H,2-4,9-10,12H2,1H3,(H,23,24)(H,20,21,22). The van der Waals surface area contributed by atoms with Gasteiger partial charge in [0.2, 0.25) is 0 Å². The van der Waals surface area contributed by atoms with Gasteiger partial charge in [-0.3, -0.25) is 4.79 Å². The minimum Gasteiger partial charge on any atom is -0.366 e. The third-order valence-electron chi connectivity index (χ3n) is 4.56. The molecule has 126 valence electrons. The van der Waals surface area contributed by atoms with Crippen LogP contribution in [0.15, 0.2) is 36.7 Å². The number of carbonyl (C=O) groups excluding carboxylic acids is 1. The lowest BCUT2D eigenvalue weighted by Crippen LogP contribution is -2.36. The van der Waals surface area contributed by atoms with Crippen LogP contribution in [0.3, 0.4) is 0 Å². The highest BCUT2D eigenvalue weighted by atomic mass is 16.1. The Hall–Kier alpha value is -2.43. The van der Waals surface area contributed by atoms with Crippen LogP contribution in [0.25, 0.3) is 0 Å². The average molecular weight is 324 g/mol. The third-order valence-corrected chi connectivity index (χ3v) is 4.56. The maximum absolute atomic E-state index is 12.4. The summed E-state index contributed by atoms with van der Waals surface area (Å²) in [5.74, 6) is 0.560. The van der Waals surface area contributed by atoms with Crippen molar-refractivity contribution >= 4 is 11.7 Å². The zero-order chi connectivity index (χ0) is 16.8. The van der Waals surface area contributed by atoms with Crippen LogP contribution in [0.1, 0.15) is 53.7 Å². The molecule has 1 aromatic heterocycles. The summed E-state index contributed by atoms with van der Waals surface area (Å²) in [4.78, 5) is 20.7. The average Bonchev–Trinajstić information content (AvgIpc) is 2.62. The summed E-state index contributed by atoms with van der Waals surface area (Å²) in [6, 6.07) is 10.2. The van der Waals surface area contributed by atoms with Gasteiger partial charge in [0.15, 0.2) is 0 Å².